The number of aliphatic hydroxyl groups excluding tert-OH is 2. The fourth-order valence-corrected chi connectivity index (χ4v) is 1.83. The summed E-state index contributed by atoms with van der Waals surface area (Å²) in [4.78, 5) is 5.23. The molecule has 20 heavy (non-hydrogen) atoms. The Morgan fingerprint density at radius 1 is 1.40 bits per heavy atom. The SMILES string of the molecule is OC[C@@H](O)CN(CCC(F)(F)F)Cc1cccnc1Cl. The van der Waals surface area contributed by atoms with Crippen molar-refractivity contribution in [1.82, 2.24) is 9.88 Å². The van der Waals surface area contributed by atoms with Crippen molar-refractivity contribution in [2.45, 2.75) is 25.2 Å². The van der Waals surface area contributed by atoms with Crippen LogP contribution in [0.15, 0.2) is 18.3 Å². The van der Waals surface area contributed by atoms with Crippen molar-refractivity contribution in [2.75, 3.05) is 19.7 Å². The van der Waals surface area contributed by atoms with Crippen molar-refractivity contribution in [2.24, 2.45) is 0 Å². The molecule has 0 aliphatic carbocycles. The second-order valence-corrected chi connectivity index (χ2v) is 4.75. The highest BCUT2D eigenvalue weighted by molar-refractivity contribution is 6.30. The number of halogens is 4. The highest BCUT2D eigenvalue weighted by Crippen LogP contribution is 2.21. The summed E-state index contributed by atoms with van der Waals surface area (Å²) >= 11 is 5.86. The molecular formula is C12H16ClF3N2O2. The predicted octanol–water partition coefficient (Wildman–Crippen LogP) is 1.84. The quantitative estimate of drug-likeness (QED) is 0.754. The molecule has 0 aliphatic heterocycles. The van der Waals surface area contributed by atoms with E-state index in [1.54, 1.807) is 12.1 Å². The Balaban J connectivity index is 2.69. The zero-order chi connectivity index (χ0) is 15.2. The predicted molar refractivity (Wildman–Crippen MR) is 68.3 cm³/mol. The minimum atomic E-state index is -4.28. The summed E-state index contributed by atoms with van der Waals surface area (Å²) in [6.07, 6.45) is -4.89. The van der Waals surface area contributed by atoms with Crippen LogP contribution in [0, 0.1) is 0 Å². The Bertz CT molecular complexity index is 418. The van der Waals surface area contributed by atoms with Gasteiger partial charge in [0, 0.05) is 31.4 Å². The molecule has 0 amide bonds. The molecule has 1 rings (SSSR count). The second kappa shape index (κ2) is 7.78. The summed E-state index contributed by atoms with van der Waals surface area (Å²) in [5.41, 5.74) is 0.571. The van der Waals surface area contributed by atoms with Gasteiger partial charge in [-0.05, 0) is 6.07 Å². The molecule has 1 aromatic heterocycles. The monoisotopic (exact) mass is 312 g/mol. The van der Waals surface area contributed by atoms with Crippen LogP contribution in [0.1, 0.15) is 12.0 Å². The van der Waals surface area contributed by atoms with Gasteiger partial charge >= 0.3 is 6.18 Å². The summed E-state index contributed by atoms with van der Waals surface area (Å²) in [5.74, 6) is 0. The Kier molecular flexibility index (Phi) is 6.67. The van der Waals surface area contributed by atoms with E-state index in [9.17, 15) is 18.3 Å². The van der Waals surface area contributed by atoms with Gasteiger partial charge in [-0.3, -0.25) is 4.90 Å². The van der Waals surface area contributed by atoms with Crippen molar-refractivity contribution in [3.05, 3.63) is 29.0 Å². The van der Waals surface area contributed by atoms with Crippen molar-refractivity contribution in [1.29, 1.82) is 0 Å². The molecule has 0 aliphatic rings. The lowest BCUT2D eigenvalue weighted by Crippen LogP contribution is -2.36. The van der Waals surface area contributed by atoms with Gasteiger partial charge in [0.15, 0.2) is 0 Å². The molecule has 0 unspecified atom stereocenters. The van der Waals surface area contributed by atoms with Crippen LogP contribution >= 0.6 is 11.6 Å². The maximum Gasteiger partial charge on any atom is 0.390 e. The summed E-state index contributed by atoms with van der Waals surface area (Å²) < 4.78 is 36.8. The minimum Gasteiger partial charge on any atom is -0.394 e. The Labute approximate surface area is 119 Å². The second-order valence-electron chi connectivity index (χ2n) is 4.39. The average Bonchev–Trinajstić information content (AvgIpc) is 2.37. The molecule has 8 heteroatoms. The van der Waals surface area contributed by atoms with Gasteiger partial charge in [0.05, 0.1) is 19.1 Å². The van der Waals surface area contributed by atoms with Crippen LogP contribution in [0.5, 0.6) is 0 Å². The fourth-order valence-electron chi connectivity index (χ4n) is 1.65. The van der Waals surface area contributed by atoms with E-state index in [1.807, 2.05) is 0 Å². The zero-order valence-corrected chi connectivity index (χ0v) is 11.4. The van der Waals surface area contributed by atoms with E-state index in [0.717, 1.165) is 0 Å². The molecule has 4 nitrogen and oxygen atoms in total. The van der Waals surface area contributed by atoms with Gasteiger partial charge in [-0.2, -0.15) is 13.2 Å². The fraction of sp³-hybridized carbons (Fsp3) is 0.583. The molecule has 0 bridgehead atoms. The lowest BCUT2D eigenvalue weighted by atomic mass is 10.2. The average molecular weight is 313 g/mol. The summed E-state index contributed by atoms with van der Waals surface area (Å²) in [6.45, 7) is -0.743. The van der Waals surface area contributed by atoms with Gasteiger partial charge in [-0.25, -0.2) is 4.98 Å². The van der Waals surface area contributed by atoms with Crippen molar-refractivity contribution >= 4 is 11.6 Å². The summed E-state index contributed by atoms with van der Waals surface area (Å²) in [6, 6.07) is 3.28. The van der Waals surface area contributed by atoms with Gasteiger partial charge in [-0.15, -0.1) is 0 Å². The van der Waals surface area contributed by atoms with Gasteiger partial charge in [0.1, 0.15) is 5.15 Å². The third-order valence-corrected chi connectivity index (χ3v) is 2.96. The van der Waals surface area contributed by atoms with E-state index in [1.165, 1.54) is 11.1 Å². The van der Waals surface area contributed by atoms with Crippen LogP contribution in [-0.4, -0.2) is 52.1 Å². The van der Waals surface area contributed by atoms with Gasteiger partial charge in [0.2, 0.25) is 0 Å². The normalized spacial score (nSPS) is 13.8. The Morgan fingerprint density at radius 2 is 2.10 bits per heavy atom. The van der Waals surface area contributed by atoms with Crippen LogP contribution in [0.25, 0.3) is 0 Å². The first-order valence-corrected chi connectivity index (χ1v) is 6.37. The highest BCUT2D eigenvalue weighted by Gasteiger charge is 2.28. The standard InChI is InChI=1S/C12H16ClF3N2O2/c13-11-9(2-1-4-17-11)6-18(7-10(20)8-19)5-3-12(14,15)16/h1-2,4,10,19-20H,3,5-8H2/t10-/m0/s1. The third-order valence-electron chi connectivity index (χ3n) is 2.62. The van der Waals surface area contributed by atoms with E-state index in [-0.39, 0.29) is 24.8 Å². The van der Waals surface area contributed by atoms with E-state index in [0.29, 0.717) is 5.56 Å². The highest BCUT2D eigenvalue weighted by atomic mass is 35.5. The van der Waals surface area contributed by atoms with Crippen LogP contribution in [0.4, 0.5) is 13.2 Å². The number of aromatic nitrogens is 1. The van der Waals surface area contributed by atoms with Crippen LogP contribution in [0.3, 0.4) is 0 Å². The lowest BCUT2D eigenvalue weighted by molar-refractivity contribution is -0.139. The molecular weight excluding hydrogens is 297 g/mol. The van der Waals surface area contributed by atoms with Crippen molar-refractivity contribution in [3.63, 3.8) is 0 Å². The first-order chi connectivity index (χ1) is 9.31. The van der Waals surface area contributed by atoms with Crippen molar-refractivity contribution in [3.8, 4) is 0 Å². The number of hydrogen-bond donors (Lipinski definition) is 2. The van der Waals surface area contributed by atoms with E-state index in [4.69, 9.17) is 16.7 Å². The van der Waals surface area contributed by atoms with Crippen LogP contribution in [0.2, 0.25) is 5.15 Å². The topological polar surface area (TPSA) is 56.6 Å². The summed E-state index contributed by atoms with van der Waals surface area (Å²) in [5, 5.41) is 18.4. The minimum absolute atomic E-state index is 0.0716. The molecule has 2 N–H and O–H groups in total. The number of aliphatic hydroxyl groups is 2. The molecule has 0 saturated carbocycles. The summed E-state index contributed by atoms with van der Waals surface area (Å²) in [7, 11) is 0. The van der Waals surface area contributed by atoms with Gasteiger partial charge < -0.3 is 10.2 Å². The lowest BCUT2D eigenvalue weighted by Gasteiger charge is -2.25. The molecule has 1 heterocycles. The number of rotatable bonds is 7. The van der Waals surface area contributed by atoms with E-state index < -0.39 is 25.3 Å². The molecule has 0 spiro atoms. The number of nitrogens with zero attached hydrogens (tertiary/aromatic N) is 2. The molecule has 0 saturated heterocycles. The first-order valence-electron chi connectivity index (χ1n) is 5.99. The Morgan fingerprint density at radius 3 is 2.65 bits per heavy atom. The maximum absolute atomic E-state index is 12.3. The van der Waals surface area contributed by atoms with Gasteiger partial charge in [0.25, 0.3) is 0 Å². The molecule has 114 valence electrons. The van der Waals surface area contributed by atoms with Crippen LogP contribution < -0.4 is 0 Å². The molecule has 0 radical (unpaired) electrons. The smallest absolute Gasteiger partial charge is 0.390 e. The van der Waals surface area contributed by atoms with Gasteiger partial charge in [-0.1, -0.05) is 17.7 Å². The van der Waals surface area contributed by atoms with Crippen LogP contribution in [-0.2, 0) is 6.54 Å². The maximum atomic E-state index is 12.3. The third kappa shape index (κ3) is 6.51. The zero-order valence-electron chi connectivity index (χ0n) is 10.6. The molecule has 0 fully saturated rings. The molecule has 1 atom stereocenters. The first kappa shape index (κ1) is 17.2. The van der Waals surface area contributed by atoms with E-state index >= 15 is 0 Å². The number of hydrogen-bond acceptors (Lipinski definition) is 4. The molecule has 1 aromatic rings. The van der Waals surface area contributed by atoms with E-state index in [2.05, 4.69) is 4.98 Å². The number of pyridine rings is 1. The largest absolute Gasteiger partial charge is 0.394 e. The Hall–Kier alpha value is -0.890. The number of alkyl halides is 3. The van der Waals surface area contributed by atoms with Crippen molar-refractivity contribution < 1.29 is 23.4 Å². The molecule has 0 aromatic carbocycles.